The molecule has 3 nitrogen and oxygen atoms in total. The van der Waals surface area contributed by atoms with Crippen molar-refractivity contribution in [3.8, 4) is 5.75 Å². The van der Waals surface area contributed by atoms with E-state index in [2.05, 4.69) is 27.7 Å². The summed E-state index contributed by atoms with van der Waals surface area (Å²) in [5.74, 6) is 2.00. The van der Waals surface area contributed by atoms with Crippen molar-refractivity contribution in [1.29, 1.82) is 0 Å². The Morgan fingerprint density at radius 1 is 0.769 bits per heavy atom. The lowest BCUT2D eigenvalue weighted by molar-refractivity contribution is 0.152. The van der Waals surface area contributed by atoms with E-state index in [0.29, 0.717) is 11.8 Å². The number of unbranched alkanes of at least 4 members (excludes halogenated alkanes) is 2. The second-order valence-corrected chi connectivity index (χ2v) is 8.20. The first-order valence-electron chi connectivity index (χ1n) is 10.5. The Bertz CT molecular complexity index is 407. The predicted octanol–water partition coefficient (Wildman–Crippen LogP) is 7.76. The summed E-state index contributed by atoms with van der Waals surface area (Å²) < 4.78 is 18.3. The number of rotatable bonds is 16. The van der Waals surface area contributed by atoms with Crippen molar-refractivity contribution >= 4 is 8.60 Å². The van der Waals surface area contributed by atoms with Gasteiger partial charge in [0.2, 0.25) is 0 Å². The molecular formula is C22H39O3P. The second-order valence-electron chi connectivity index (χ2n) is 7.05. The Morgan fingerprint density at radius 3 is 1.69 bits per heavy atom. The van der Waals surface area contributed by atoms with E-state index in [-0.39, 0.29) is 0 Å². The van der Waals surface area contributed by atoms with Gasteiger partial charge in [-0.05, 0) is 36.8 Å². The Kier molecular flexibility index (Phi) is 13.9. The van der Waals surface area contributed by atoms with Crippen LogP contribution in [0.3, 0.4) is 0 Å². The van der Waals surface area contributed by atoms with Gasteiger partial charge in [-0.1, -0.05) is 84.4 Å². The Labute approximate surface area is 162 Å². The molecule has 0 radical (unpaired) electrons. The monoisotopic (exact) mass is 382 g/mol. The van der Waals surface area contributed by atoms with Crippen molar-refractivity contribution in [1.82, 2.24) is 0 Å². The van der Waals surface area contributed by atoms with Gasteiger partial charge in [0.25, 0.3) is 0 Å². The van der Waals surface area contributed by atoms with E-state index in [1.54, 1.807) is 0 Å². The van der Waals surface area contributed by atoms with E-state index in [4.69, 9.17) is 13.6 Å². The fraction of sp³-hybridized carbons (Fsp3) is 0.727. The fourth-order valence-corrected chi connectivity index (χ4v) is 3.93. The van der Waals surface area contributed by atoms with Crippen LogP contribution in [-0.2, 0) is 9.05 Å². The molecule has 0 saturated carbocycles. The summed E-state index contributed by atoms with van der Waals surface area (Å²) in [6.07, 6.45) is 9.70. The average molecular weight is 383 g/mol. The van der Waals surface area contributed by atoms with Gasteiger partial charge in [0.15, 0.2) is 0 Å². The van der Waals surface area contributed by atoms with Gasteiger partial charge >= 0.3 is 8.60 Å². The van der Waals surface area contributed by atoms with Crippen molar-refractivity contribution < 1.29 is 13.6 Å². The van der Waals surface area contributed by atoms with Crippen LogP contribution in [0.15, 0.2) is 30.3 Å². The Morgan fingerprint density at radius 2 is 1.27 bits per heavy atom. The number of hydrogen-bond donors (Lipinski definition) is 0. The zero-order valence-electron chi connectivity index (χ0n) is 17.3. The summed E-state index contributed by atoms with van der Waals surface area (Å²) in [6.45, 7) is 10.4. The molecule has 1 rings (SSSR count). The molecule has 0 fully saturated rings. The Balaban J connectivity index is 2.57. The van der Waals surface area contributed by atoms with Crippen LogP contribution < -0.4 is 4.52 Å². The first-order valence-corrected chi connectivity index (χ1v) is 11.6. The van der Waals surface area contributed by atoms with Gasteiger partial charge in [0.1, 0.15) is 5.75 Å². The third kappa shape index (κ3) is 10.5. The summed E-state index contributed by atoms with van der Waals surface area (Å²) in [7, 11) is -1.34. The standard InChI is InChI=1S/C22H39O3P/c1-5-9-14-20(7-3)18-23-26(25-22-16-12-11-13-17-22)24-19-21(8-4)15-10-6-2/h11-13,16-17,20-21H,5-10,14-15,18-19H2,1-4H3/t20-,21+,26?. The van der Waals surface area contributed by atoms with Gasteiger partial charge in [0.05, 0.1) is 13.2 Å². The second kappa shape index (κ2) is 15.4. The van der Waals surface area contributed by atoms with Crippen molar-refractivity contribution in [2.24, 2.45) is 11.8 Å². The van der Waals surface area contributed by atoms with Crippen LogP contribution in [-0.4, -0.2) is 13.2 Å². The molecule has 4 heteroatoms. The van der Waals surface area contributed by atoms with Gasteiger partial charge in [-0.25, -0.2) is 0 Å². The maximum Gasteiger partial charge on any atom is 0.397 e. The quantitative estimate of drug-likeness (QED) is 0.273. The maximum absolute atomic E-state index is 6.12. The lowest BCUT2D eigenvalue weighted by atomic mass is 10.0. The molecule has 3 atom stereocenters. The number of para-hydroxylation sites is 1. The molecule has 0 N–H and O–H groups in total. The zero-order chi connectivity index (χ0) is 19.0. The summed E-state index contributed by atoms with van der Waals surface area (Å²) in [6, 6.07) is 9.88. The van der Waals surface area contributed by atoms with Crippen LogP contribution in [0, 0.1) is 11.8 Å². The van der Waals surface area contributed by atoms with Crippen LogP contribution in [0.1, 0.15) is 79.1 Å². The van der Waals surface area contributed by atoms with E-state index in [0.717, 1.165) is 31.8 Å². The average Bonchev–Trinajstić information content (AvgIpc) is 2.68. The molecule has 0 aromatic heterocycles. The van der Waals surface area contributed by atoms with Crippen molar-refractivity contribution in [2.45, 2.75) is 79.1 Å². The van der Waals surface area contributed by atoms with Crippen molar-refractivity contribution in [2.75, 3.05) is 13.2 Å². The minimum Gasteiger partial charge on any atom is -0.427 e. The minimum absolute atomic E-state index is 0.588. The highest BCUT2D eigenvalue weighted by Crippen LogP contribution is 2.42. The smallest absolute Gasteiger partial charge is 0.397 e. The topological polar surface area (TPSA) is 27.7 Å². The van der Waals surface area contributed by atoms with Gasteiger partial charge in [0, 0.05) is 0 Å². The normalized spacial score (nSPS) is 14.8. The lowest BCUT2D eigenvalue weighted by Gasteiger charge is -2.22. The van der Waals surface area contributed by atoms with E-state index < -0.39 is 8.60 Å². The number of benzene rings is 1. The molecule has 0 aliphatic rings. The lowest BCUT2D eigenvalue weighted by Crippen LogP contribution is -2.12. The highest BCUT2D eigenvalue weighted by Gasteiger charge is 2.19. The molecule has 1 unspecified atom stereocenters. The van der Waals surface area contributed by atoms with Crippen LogP contribution in [0.4, 0.5) is 0 Å². The van der Waals surface area contributed by atoms with Crippen LogP contribution >= 0.6 is 8.60 Å². The molecular weight excluding hydrogens is 343 g/mol. The van der Waals surface area contributed by atoms with Crippen molar-refractivity contribution in [3.05, 3.63) is 30.3 Å². The zero-order valence-corrected chi connectivity index (χ0v) is 18.2. The van der Waals surface area contributed by atoms with Crippen LogP contribution in [0.2, 0.25) is 0 Å². The molecule has 0 amide bonds. The molecule has 0 spiro atoms. The molecule has 0 saturated heterocycles. The maximum atomic E-state index is 6.12. The van der Waals surface area contributed by atoms with Gasteiger partial charge in [-0.3, -0.25) is 0 Å². The third-order valence-corrected chi connectivity index (χ3v) is 5.92. The summed E-state index contributed by atoms with van der Waals surface area (Å²) in [4.78, 5) is 0. The van der Waals surface area contributed by atoms with E-state index in [1.165, 1.54) is 38.5 Å². The Hall–Kier alpha value is -0.630. The van der Waals surface area contributed by atoms with Gasteiger partial charge in [-0.2, -0.15) is 0 Å². The van der Waals surface area contributed by atoms with E-state index in [9.17, 15) is 0 Å². The third-order valence-electron chi connectivity index (χ3n) is 4.84. The SMILES string of the molecule is CCCC[C@@H](CC)COP(OC[C@@H](CC)CCCC)Oc1ccccc1. The largest absolute Gasteiger partial charge is 0.427 e. The summed E-state index contributed by atoms with van der Waals surface area (Å²) in [5.41, 5.74) is 0. The molecule has 0 aliphatic carbocycles. The van der Waals surface area contributed by atoms with Gasteiger partial charge < -0.3 is 13.6 Å². The minimum atomic E-state index is -1.34. The molecule has 26 heavy (non-hydrogen) atoms. The number of hydrogen-bond acceptors (Lipinski definition) is 3. The van der Waals surface area contributed by atoms with Crippen LogP contribution in [0.25, 0.3) is 0 Å². The highest BCUT2D eigenvalue weighted by atomic mass is 31.2. The molecule has 150 valence electrons. The van der Waals surface area contributed by atoms with Crippen LogP contribution in [0.5, 0.6) is 5.75 Å². The summed E-state index contributed by atoms with van der Waals surface area (Å²) >= 11 is 0. The first kappa shape index (κ1) is 23.4. The molecule has 0 heterocycles. The molecule has 0 aliphatic heterocycles. The fourth-order valence-electron chi connectivity index (χ4n) is 2.79. The highest BCUT2D eigenvalue weighted by molar-refractivity contribution is 7.42. The van der Waals surface area contributed by atoms with E-state index in [1.807, 2.05) is 30.3 Å². The predicted molar refractivity (Wildman–Crippen MR) is 113 cm³/mol. The molecule has 1 aromatic carbocycles. The first-order chi connectivity index (χ1) is 12.7. The van der Waals surface area contributed by atoms with E-state index >= 15 is 0 Å². The summed E-state index contributed by atoms with van der Waals surface area (Å²) in [5, 5.41) is 0. The molecule has 1 aromatic rings. The van der Waals surface area contributed by atoms with Gasteiger partial charge in [-0.15, -0.1) is 0 Å². The molecule has 0 bridgehead atoms. The van der Waals surface area contributed by atoms with Crippen molar-refractivity contribution in [3.63, 3.8) is 0 Å².